The van der Waals surface area contributed by atoms with Crippen molar-refractivity contribution in [1.82, 2.24) is 4.98 Å². The van der Waals surface area contributed by atoms with Gasteiger partial charge in [-0.05, 0) is 37.8 Å². The Balaban J connectivity index is 1.91. The Labute approximate surface area is 163 Å². The summed E-state index contributed by atoms with van der Waals surface area (Å²) in [6.07, 6.45) is 3.43. The number of carbonyl (C=O) groups is 1. The van der Waals surface area contributed by atoms with Gasteiger partial charge in [0.2, 0.25) is 5.90 Å². The molecule has 1 aromatic heterocycles. The molecule has 0 radical (unpaired) electrons. The van der Waals surface area contributed by atoms with Crippen LogP contribution in [0.25, 0.3) is 10.8 Å². The minimum absolute atomic E-state index is 0.105. The van der Waals surface area contributed by atoms with Crippen LogP contribution < -0.4 is 4.74 Å². The molecular formula is C23H22N2O3. The van der Waals surface area contributed by atoms with Crippen LogP contribution >= 0.6 is 0 Å². The Bertz CT molecular complexity index is 1050. The molecule has 1 aliphatic rings. The lowest BCUT2D eigenvalue weighted by Gasteiger charge is -2.34. The van der Waals surface area contributed by atoms with Crippen LogP contribution in [0, 0.1) is 11.3 Å². The van der Waals surface area contributed by atoms with Crippen molar-refractivity contribution < 1.29 is 14.3 Å². The van der Waals surface area contributed by atoms with Crippen molar-refractivity contribution in [3.63, 3.8) is 0 Å². The molecular weight excluding hydrogens is 352 g/mol. The summed E-state index contributed by atoms with van der Waals surface area (Å²) in [4.78, 5) is 17.2. The summed E-state index contributed by atoms with van der Waals surface area (Å²) in [6.45, 7) is 5.45. The van der Waals surface area contributed by atoms with Gasteiger partial charge in [-0.2, -0.15) is 0 Å². The van der Waals surface area contributed by atoms with E-state index in [0.29, 0.717) is 5.75 Å². The molecule has 0 spiro atoms. The van der Waals surface area contributed by atoms with Crippen molar-refractivity contribution in [3.8, 4) is 5.75 Å². The van der Waals surface area contributed by atoms with Crippen molar-refractivity contribution in [2.75, 3.05) is 0 Å². The highest BCUT2D eigenvalue weighted by Gasteiger charge is 2.44. The Kier molecular flexibility index (Phi) is 4.38. The van der Waals surface area contributed by atoms with Crippen LogP contribution in [0.15, 0.2) is 60.9 Å². The molecule has 2 aromatic carbocycles. The van der Waals surface area contributed by atoms with E-state index in [1.807, 2.05) is 69.3 Å². The van der Waals surface area contributed by atoms with Gasteiger partial charge in [-0.25, -0.2) is 0 Å². The third-order valence-electron chi connectivity index (χ3n) is 4.78. The fraction of sp³-hybridized carbons (Fsp3) is 0.261. The summed E-state index contributed by atoms with van der Waals surface area (Å²) in [6, 6.07) is 15.6. The summed E-state index contributed by atoms with van der Waals surface area (Å²) in [5.74, 6) is -1.21. The molecule has 5 nitrogen and oxygen atoms in total. The van der Waals surface area contributed by atoms with E-state index >= 15 is 0 Å². The average Bonchev–Trinajstić information content (AvgIpc) is 2.66. The van der Waals surface area contributed by atoms with Crippen molar-refractivity contribution in [2.45, 2.75) is 32.3 Å². The lowest BCUT2D eigenvalue weighted by atomic mass is 9.78. The lowest BCUT2D eigenvalue weighted by molar-refractivity contribution is -0.158. The molecule has 2 atom stereocenters. The van der Waals surface area contributed by atoms with E-state index in [4.69, 9.17) is 14.9 Å². The Morgan fingerprint density at radius 2 is 1.89 bits per heavy atom. The van der Waals surface area contributed by atoms with Crippen LogP contribution in [0.3, 0.4) is 0 Å². The summed E-state index contributed by atoms with van der Waals surface area (Å²) in [5.41, 5.74) is 1.06. The molecule has 2 unspecified atom stereocenters. The number of rotatable bonds is 2. The van der Waals surface area contributed by atoms with Gasteiger partial charge in [-0.1, -0.05) is 42.5 Å². The van der Waals surface area contributed by atoms with Gasteiger partial charge in [0.05, 0.1) is 0 Å². The number of ether oxygens (including phenoxy) is 2. The maximum absolute atomic E-state index is 13.0. The quantitative estimate of drug-likeness (QED) is 0.660. The van der Waals surface area contributed by atoms with Crippen LogP contribution in [0.1, 0.15) is 37.8 Å². The highest BCUT2D eigenvalue weighted by molar-refractivity contribution is 6.03. The zero-order valence-electron chi connectivity index (χ0n) is 16.1. The zero-order chi connectivity index (χ0) is 19.9. The van der Waals surface area contributed by atoms with E-state index in [-0.39, 0.29) is 5.90 Å². The van der Waals surface area contributed by atoms with Crippen LogP contribution in [0.4, 0.5) is 0 Å². The Hall–Kier alpha value is -3.21. The first-order valence-electron chi connectivity index (χ1n) is 9.26. The van der Waals surface area contributed by atoms with E-state index in [2.05, 4.69) is 4.98 Å². The number of pyridine rings is 1. The molecule has 142 valence electrons. The highest BCUT2D eigenvalue weighted by atomic mass is 16.6. The zero-order valence-corrected chi connectivity index (χ0v) is 16.1. The topological polar surface area (TPSA) is 72.3 Å². The van der Waals surface area contributed by atoms with E-state index in [1.165, 1.54) is 0 Å². The number of hydrogen-bond donors (Lipinski definition) is 1. The van der Waals surface area contributed by atoms with Crippen molar-refractivity contribution in [3.05, 3.63) is 72.1 Å². The van der Waals surface area contributed by atoms with Crippen LogP contribution in [0.5, 0.6) is 5.75 Å². The van der Waals surface area contributed by atoms with Crippen LogP contribution in [0.2, 0.25) is 0 Å². The third-order valence-corrected chi connectivity index (χ3v) is 4.78. The first-order valence-corrected chi connectivity index (χ1v) is 9.26. The third kappa shape index (κ3) is 3.24. The summed E-state index contributed by atoms with van der Waals surface area (Å²) in [5, 5.41) is 10.5. The molecule has 0 fully saturated rings. The van der Waals surface area contributed by atoms with E-state index in [9.17, 15) is 4.79 Å². The summed E-state index contributed by atoms with van der Waals surface area (Å²) < 4.78 is 11.5. The molecule has 0 aliphatic carbocycles. The van der Waals surface area contributed by atoms with Gasteiger partial charge in [-0.15, -0.1) is 0 Å². The number of esters is 1. The molecule has 1 aliphatic heterocycles. The van der Waals surface area contributed by atoms with E-state index in [0.717, 1.165) is 21.9 Å². The normalized spacial score (nSPS) is 19.0. The predicted octanol–water partition coefficient (Wildman–Crippen LogP) is 4.69. The van der Waals surface area contributed by atoms with Crippen LogP contribution in [-0.2, 0) is 9.53 Å². The molecule has 5 heteroatoms. The average molecular weight is 374 g/mol. The molecule has 2 heterocycles. The van der Waals surface area contributed by atoms with Gasteiger partial charge in [0.15, 0.2) is 0 Å². The number of carbonyl (C=O) groups excluding carboxylic acids is 1. The number of nitrogens with zero attached hydrogens (tertiary/aromatic N) is 1. The molecule has 28 heavy (non-hydrogen) atoms. The largest absolute Gasteiger partial charge is 0.459 e. The minimum atomic E-state index is -0.864. The van der Waals surface area contributed by atoms with Crippen molar-refractivity contribution in [2.24, 2.45) is 5.92 Å². The number of hydrogen-bond acceptors (Lipinski definition) is 5. The number of aromatic nitrogens is 1. The second-order valence-electron chi connectivity index (χ2n) is 7.95. The van der Waals surface area contributed by atoms with Gasteiger partial charge >= 0.3 is 5.97 Å². The number of benzene rings is 2. The Morgan fingerprint density at radius 3 is 2.61 bits per heavy atom. The Morgan fingerprint density at radius 1 is 1.11 bits per heavy atom. The van der Waals surface area contributed by atoms with Crippen molar-refractivity contribution in [1.29, 1.82) is 5.41 Å². The molecule has 0 saturated carbocycles. The second kappa shape index (κ2) is 6.75. The highest BCUT2D eigenvalue weighted by Crippen LogP contribution is 2.45. The smallest absolute Gasteiger partial charge is 0.319 e. The molecule has 4 rings (SSSR count). The minimum Gasteiger partial charge on any atom is -0.459 e. The standard InChI is InChI=1S/C23H22N2O3/c1-23(2,3)28-22(26)19-18(15-8-6-12-25-13-15)17-11-10-14-7-4-5-9-16(14)20(17)27-21(19)24/h4-13,18-19,24H,1-3H3. The molecule has 1 N–H and O–H groups in total. The van der Waals surface area contributed by atoms with E-state index in [1.54, 1.807) is 12.4 Å². The van der Waals surface area contributed by atoms with Gasteiger partial charge in [-0.3, -0.25) is 15.2 Å². The van der Waals surface area contributed by atoms with Gasteiger partial charge in [0.1, 0.15) is 17.3 Å². The van der Waals surface area contributed by atoms with Crippen LogP contribution in [-0.4, -0.2) is 22.5 Å². The predicted molar refractivity (Wildman–Crippen MR) is 108 cm³/mol. The molecule has 0 amide bonds. The second-order valence-corrected chi connectivity index (χ2v) is 7.95. The number of nitrogens with one attached hydrogen (secondary N) is 1. The fourth-order valence-corrected chi connectivity index (χ4v) is 3.66. The molecule has 3 aromatic rings. The maximum Gasteiger partial charge on any atom is 0.319 e. The maximum atomic E-state index is 13.0. The first kappa shape index (κ1) is 18.2. The number of fused-ring (bicyclic) bond motifs is 3. The first-order chi connectivity index (χ1) is 13.3. The summed E-state index contributed by atoms with van der Waals surface area (Å²) in [7, 11) is 0. The SMILES string of the molecule is CC(C)(C)OC(=O)C1C(=N)Oc2c(ccc3ccccc23)C1c1cccnc1. The van der Waals surface area contributed by atoms with Gasteiger partial charge in [0, 0.05) is 29.3 Å². The lowest BCUT2D eigenvalue weighted by Crippen LogP contribution is -2.41. The fourth-order valence-electron chi connectivity index (χ4n) is 3.66. The summed E-state index contributed by atoms with van der Waals surface area (Å²) >= 11 is 0. The molecule has 0 saturated heterocycles. The van der Waals surface area contributed by atoms with Crippen molar-refractivity contribution >= 4 is 22.6 Å². The molecule has 0 bridgehead atoms. The van der Waals surface area contributed by atoms with Gasteiger partial charge in [0.25, 0.3) is 0 Å². The van der Waals surface area contributed by atoms with E-state index < -0.39 is 23.4 Å². The monoisotopic (exact) mass is 374 g/mol. The van der Waals surface area contributed by atoms with Gasteiger partial charge < -0.3 is 9.47 Å².